The van der Waals surface area contributed by atoms with E-state index in [-0.39, 0.29) is 13.0 Å². The minimum atomic E-state index is -3.58. The van der Waals surface area contributed by atoms with Crippen molar-refractivity contribution in [1.82, 2.24) is 13.9 Å². The maximum Gasteiger partial charge on any atom is 0.304 e. The predicted molar refractivity (Wildman–Crippen MR) is 73.7 cm³/mol. The van der Waals surface area contributed by atoms with Crippen LogP contribution in [0.2, 0.25) is 0 Å². The fourth-order valence-corrected chi connectivity index (χ4v) is 2.77. The minimum Gasteiger partial charge on any atom is -0.481 e. The Bertz CT molecular complexity index is 395. The summed E-state index contributed by atoms with van der Waals surface area (Å²) in [4.78, 5) is 12.6. The van der Waals surface area contributed by atoms with E-state index in [0.29, 0.717) is 13.0 Å². The largest absolute Gasteiger partial charge is 0.481 e. The first-order valence-corrected chi connectivity index (χ1v) is 8.08. The first-order valence-electron chi connectivity index (χ1n) is 6.64. The Kier molecular flexibility index (Phi) is 7.38. The van der Waals surface area contributed by atoms with Gasteiger partial charge in [0, 0.05) is 33.2 Å². The molecule has 0 amide bonds. The molecule has 1 aliphatic heterocycles. The number of carboxylic acids is 1. The molecule has 0 radical (unpaired) electrons. The van der Waals surface area contributed by atoms with E-state index in [4.69, 9.17) is 9.84 Å². The van der Waals surface area contributed by atoms with Gasteiger partial charge in [-0.05, 0) is 13.0 Å². The van der Waals surface area contributed by atoms with Gasteiger partial charge in [-0.15, -0.1) is 0 Å². The second-order valence-electron chi connectivity index (χ2n) is 4.67. The van der Waals surface area contributed by atoms with Crippen molar-refractivity contribution in [2.24, 2.45) is 0 Å². The van der Waals surface area contributed by atoms with Gasteiger partial charge in [0.05, 0.1) is 19.6 Å². The van der Waals surface area contributed by atoms with Crippen LogP contribution in [0.1, 0.15) is 12.8 Å². The molecule has 0 atom stereocenters. The summed E-state index contributed by atoms with van der Waals surface area (Å²) in [6.45, 7) is 4.35. The number of hydrogen-bond donors (Lipinski definition) is 2. The molecule has 0 aromatic heterocycles. The number of hydrogen-bond acceptors (Lipinski definition) is 5. The van der Waals surface area contributed by atoms with Crippen molar-refractivity contribution < 1.29 is 23.1 Å². The lowest BCUT2D eigenvalue weighted by Crippen LogP contribution is -2.41. The summed E-state index contributed by atoms with van der Waals surface area (Å²) >= 11 is 0. The highest BCUT2D eigenvalue weighted by Crippen LogP contribution is 1.99. The average molecular weight is 309 g/mol. The number of carbonyl (C=O) groups is 1. The van der Waals surface area contributed by atoms with E-state index < -0.39 is 16.2 Å². The lowest BCUT2D eigenvalue weighted by Gasteiger charge is -2.26. The van der Waals surface area contributed by atoms with Crippen LogP contribution < -0.4 is 4.72 Å². The second kappa shape index (κ2) is 8.53. The number of morpholine rings is 1. The van der Waals surface area contributed by atoms with Crippen molar-refractivity contribution in [3.63, 3.8) is 0 Å². The quantitative estimate of drug-likeness (QED) is 0.527. The van der Waals surface area contributed by atoms with Crippen LogP contribution in [0.4, 0.5) is 0 Å². The lowest BCUT2D eigenvalue weighted by atomic mass is 10.3. The second-order valence-corrected chi connectivity index (χ2v) is 6.53. The normalized spacial score (nSPS) is 17.5. The van der Waals surface area contributed by atoms with Crippen LogP contribution in [0.15, 0.2) is 0 Å². The first kappa shape index (κ1) is 17.3. The van der Waals surface area contributed by atoms with Crippen LogP contribution in [-0.2, 0) is 19.7 Å². The van der Waals surface area contributed by atoms with Gasteiger partial charge >= 0.3 is 5.97 Å². The highest BCUT2D eigenvalue weighted by molar-refractivity contribution is 7.87. The van der Waals surface area contributed by atoms with Crippen LogP contribution >= 0.6 is 0 Å². The molecule has 0 saturated carbocycles. The van der Waals surface area contributed by atoms with Crippen LogP contribution in [0.3, 0.4) is 0 Å². The van der Waals surface area contributed by atoms with Crippen molar-refractivity contribution in [3.05, 3.63) is 0 Å². The number of carboxylic acid groups (broad SMARTS) is 1. The Morgan fingerprint density at radius 3 is 2.65 bits per heavy atom. The zero-order valence-electron chi connectivity index (χ0n) is 11.7. The molecule has 1 rings (SSSR count). The number of nitrogens with zero attached hydrogens (tertiary/aromatic N) is 2. The van der Waals surface area contributed by atoms with Gasteiger partial charge < -0.3 is 9.84 Å². The monoisotopic (exact) mass is 309 g/mol. The van der Waals surface area contributed by atoms with Gasteiger partial charge in [0.2, 0.25) is 0 Å². The highest BCUT2D eigenvalue weighted by Gasteiger charge is 2.17. The standard InChI is InChI=1S/C11H23N3O5S/c1-13(6-3-11(15)16)20(17,18)12-4-2-5-14-7-9-19-10-8-14/h12H,2-10H2,1H3,(H,15,16). The van der Waals surface area contributed by atoms with Gasteiger partial charge in [-0.3, -0.25) is 9.69 Å². The Balaban J connectivity index is 2.19. The van der Waals surface area contributed by atoms with Crippen molar-refractivity contribution in [2.45, 2.75) is 12.8 Å². The van der Waals surface area contributed by atoms with Gasteiger partial charge in [-0.1, -0.05) is 0 Å². The van der Waals surface area contributed by atoms with E-state index in [2.05, 4.69) is 9.62 Å². The number of aliphatic carboxylic acids is 1. The molecular weight excluding hydrogens is 286 g/mol. The molecule has 0 bridgehead atoms. The number of rotatable bonds is 9. The van der Waals surface area contributed by atoms with Gasteiger partial charge in [-0.25, -0.2) is 4.72 Å². The third kappa shape index (κ3) is 6.62. The molecule has 0 aliphatic carbocycles. The number of nitrogens with one attached hydrogen (secondary N) is 1. The van der Waals surface area contributed by atoms with Crippen molar-refractivity contribution in [2.75, 3.05) is 53.0 Å². The molecule has 1 saturated heterocycles. The molecule has 8 nitrogen and oxygen atoms in total. The molecule has 0 spiro atoms. The highest BCUT2D eigenvalue weighted by atomic mass is 32.2. The third-order valence-electron chi connectivity index (χ3n) is 3.09. The zero-order chi connectivity index (χ0) is 15.0. The summed E-state index contributed by atoms with van der Waals surface area (Å²) in [7, 11) is -2.21. The fourth-order valence-electron chi connectivity index (χ4n) is 1.81. The summed E-state index contributed by atoms with van der Waals surface area (Å²) in [5.41, 5.74) is 0. The summed E-state index contributed by atoms with van der Waals surface area (Å²) in [6.07, 6.45) is 0.511. The van der Waals surface area contributed by atoms with E-state index in [0.717, 1.165) is 37.2 Å². The molecule has 1 fully saturated rings. The molecule has 0 aromatic carbocycles. The Morgan fingerprint density at radius 2 is 2.05 bits per heavy atom. The summed E-state index contributed by atoms with van der Waals surface area (Å²) < 4.78 is 32.3. The molecule has 0 unspecified atom stereocenters. The van der Waals surface area contributed by atoms with Crippen LogP contribution in [0.5, 0.6) is 0 Å². The van der Waals surface area contributed by atoms with Gasteiger partial charge in [0.1, 0.15) is 0 Å². The van der Waals surface area contributed by atoms with Gasteiger partial charge in [0.25, 0.3) is 10.2 Å². The molecule has 1 aliphatic rings. The average Bonchev–Trinajstić information content (AvgIpc) is 2.42. The maximum absolute atomic E-state index is 11.8. The van der Waals surface area contributed by atoms with E-state index in [1.165, 1.54) is 7.05 Å². The molecule has 1 heterocycles. The van der Waals surface area contributed by atoms with Crippen molar-refractivity contribution in [1.29, 1.82) is 0 Å². The van der Waals surface area contributed by atoms with Gasteiger partial charge in [-0.2, -0.15) is 12.7 Å². The molecule has 118 valence electrons. The first-order chi connectivity index (χ1) is 9.42. The predicted octanol–water partition coefficient (Wildman–Crippen LogP) is -1.05. The Hall–Kier alpha value is -0.740. The Morgan fingerprint density at radius 1 is 1.40 bits per heavy atom. The van der Waals surface area contributed by atoms with Gasteiger partial charge in [0.15, 0.2) is 0 Å². The van der Waals surface area contributed by atoms with E-state index in [1.807, 2.05) is 0 Å². The molecule has 20 heavy (non-hydrogen) atoms. The van der Waals surface area contributed by atoms with Crippen LogP contribution in [0.25, 0.3) is 0 Å². The lowest BCUT2D eigenvalue weighted by molar-refractivity contribution is -0.137. The van der Waals surface area contributed by atoms with Crippen molar-refractivity contribution in [3.8, 4) is 0 Å². The molecule has 2 N–H and O–H groups in total. The van der Waals surface area contributed by atoms with Crippen LogP contribution in [-0.4, -0.2) is 81.7 Å². The molecule has 0 aromatic rings. The number of ether oxygens (including phenoxy) is 1. The van der Waals surface area contributed by atoms with Crippen LogP contribution in [0, 0.1) is 0 Å². The Labute approximate surface area is 119 Å². The van der Waals surface area contributed by atoms with E-state index in [1.54, 1.807) is 0 Å². The minimum absolute atomic E-state index is 0.0336. The van der Waals surface area contributed by atoms with E-state index in [9.17, 15) is 13.2 Å². The molecule has 9 heteroatoms. The fraction of sp³-hybridized carbons (Fsp3) is 0.909. The molecular formula is C11H23N3O5S. The zero-order valence-corrected chi connectivity index (χ0v) is 12.6. The summed E-state index contributed by atoms with van der Waals surface area (Å²) in [5, 5.41) is 8.53. The topological polar surface area (TPSA) is 99.2 Å². The summed E-state index contributed by atoms with van der Waals surface area (Å²) in [5.74, 6) is -1.01. The van der Waals surface area contributed by atoms with E-state index >= 15 is 0 Å². The maximum atomic E-state index is 11.8. The SMILES string of the molecule is CN(CCC(=O)O)S(=O)(=O)NCCCN1CCOCC1. The summed E-state index contributed by atoms with van der Waals surface area (Å²) in [6, 6.07) is 0. The third-order valence-corrected chi connectivity index (χ3v) is 4.66. The van der Waals surface area contributed by atoms with Crippen molar-refractivity contribution >= 4 is 16.2 Å². The smallest absolute Gasteiger partial charge is 0.304 e.